The number of aromatic nitrogens is 2. The normalized spacial score (nSPS) is 12.5. The molecule has 1 atom stereocenters. The number of rotatable bonds is 3. The van der Waals surface area contributed by atoms with E-state index >= 15 is 0 Å². The zero-order valence-electron chi connectivity index (χ0n) is 10.0. The highest BCUT2D eigenvalue weighted by atomic mass is 35.5. The van der Waals surface area contributed by atoms with Crippen molar-refractivity contribution in [2.75, 3.05) is 0 Å². The van der Waals surface area contributed by atoms with Crippen LogP contribution in [0.3, 0.4) is 0 Å². The van der Waals surface area contributed by atoms with Crippen LogP contribution in [0.4, 0.5) is 0 Å². The maximum atomic E-state index is 6.30. The fraction of sp³-hybridized carbons (Fsp3) is 0.0714. The molecule has 0 bridgehead atoms. The number of hydrogen-bond donors (Lipinski definition) is 1. The molecular formula is C14H12ClN3S. The quantitative estimate of drug-likeness (QED) is 0.800. The van der Waals surface area contributed by atoms with Crippen molar-refractivity contribution in [2.24, 2.45) is 5.73 Å². The summed E-state index contributed by atoms with van der Waals surface area (Å²) < 4.78 is 2.61. The number of hydrogen-bond acceptors (Lipinski definition) is 3. The lowest BCUT2D eigenvalue weighted by molar-refractivity contribution is 0.748. The molecule has 3 nitrogen and oxygen atoms in total. The van der Waals surface area contributed by atoms with Crippen molar-refractivity contribution in [1.82, 2.24) is 9.78 Å². The van der Waals surface area contributed by atoms with Gasteiger partial charge in [0.25, 0.3) is 0 Å². The number of nitrogens with zero attached hydrogens (tertiary/aromatic N) is 2. The molecule has 0 saturated heterocycles. The molecule has 1 aromatic carbocycles. The molecule has 0 radical (unpaired) electrons. The first-order chi connectivity index (χ1) is 9.25. The van der Waals surface area contributed by atoms with E-state index < -0.39 is 0 Å². The smallest absolute Gasteiger partial charge is 0.0931 e. The molecule has 2 N–H and O–H groups in total. The van der Waals surface area contributed by atoms with E-state index in [2.05, 4.69) is 5.10 Å². The molecular weight excluding hydrogens is 278 g/mol. The third-order valence-electron chi connectivity index (χ3n) is 2.89. The molecule has 2 aromatic heterocycles. The topological polar surface area (TPSA) is 43.8 Å². The Bertz CT molecular complexity index is 675. The summed E-state index contributed by atoms with van der Waals surface area (Å²) in [6.45, 7) is 0. The first kappa shape index (κ1) is 12.4. The van der Waals surface area contributed by atoms with Gasteiger partial charge in [0, 0.05) is 11.1 Å². The van der Waals surface area contributed by atoms with Gasteiger partial charge in [-0.2, -0.15) is 5.10 Å². The zero-order chi connectivity index (χ0) is 13.2. The van der Waals surface area contributed by atoms with Gasteiger partial charge in [-0.05, 0) is 30.3 Å². The summed E-state index contributed by atoms with van der Waals surface area (Å²) in [6.07, 6.45) is 1.76. The standard InChI is InChI=1S/C14H12ClN3S/c15-13-7-6-12(19-13)14(16)11-8-9-17-18(11)10-4-2-1-3-5-10/h1-9,14H,16H2. The molecule has 1 unspecified atom stereocenters. The van der Waals surface area contributed by atoms with Crippen molar-refractivity contribution in [2.45, 2.75) is 6.04 Å². The highest BCUT2D eigenvalue weighted by Gasteiger charge is 2.16. The summed E-state index contributed by atoms with van der Waals surface area (Å²) in [4.78, 5) is 1.03. The Morgan fingerprint density at radius 3 is 2.58 bits per heavy atom. The van der Waals surface area contributed by atoms with E-state index in [1.165, 1.54) is 11.3 Å². The Morgan fingerprint density at radius 1 is 1.11 bits per heavy atom. The predicted octanol–water partition coefficient (Wildman–Crippen LogP) is 3.64. The van der Waals surface area contributed by atoms with Crippen LogP contribution >= 0.6 is 22.9 Å². The summed E-state index contributed by atoms with van der Waals surface area (Å²) in [5.74, 6) is 0. The molecule has 5 heteroatoms. The van der Waals surface area contributed by atoms with Gasteiger partial charge in [0.1, 0.15) is 0 Å². The molecule has 0 aliphatic rings. The summed E-state index contributed by atoms with van der Waals surface area (Å²) in [6, 6.07) is 15.5. The Kier molecular flexibility index (Phi) is 3.38. The van der Waals surface area contributed by atoms with E-state index in [0.717, 1.165) is 20.6 Å². The second kappa shape index (κ2) is 5.17. The summed E-state index contributed by atoms with van der Waals surface area (Å²) in [5, 5.41) is 4.35. The molecule has 19 heavy (non-hydrogen) atoms. The van der Waals surface area contributed by atoms with Crippen molar-refractivity contribution in [3.05, 3.63) is 69.6 Å². The van der Waals surface area contributed by atoms with Crippen LogP contribution < -0.4 is 5.73 Å². The largest absolute Gasteiger partial charge is 0.318 e. The summed E-state index contributed by atoms with van der Waals surface area (Å²) in [5.41, 5.74) is 8.25. The van der Waals surface area contributed by atoms with Crippen molar-refractivity contribution in [3.8, 4) is 5.69 Å². The highest BCUT2D eigenvalue weighted by Crippen LogP contribution is 2.30. The first-order valence-corrected chi connectivity index (χ1v) is 7.05. The lowest BCUT2D eigenvalue weighted by Crippen LogP contribution is -2.15. The minimum absolute atomic E-state index is 0.222. The molecule has 0 spiro atoms. The molecule has 0 amide bonds. The highest BCUT2D eigenvalue weighted by molar-refractivity contribution is 7.16. The fourth-order valence-electron chi connectivity index (χ4n) is 1.98. The van der Waals surface area contributed by atoms with Gasteiger partial charge in [0.15, 0.2) is 0 Å². The zero-order valence-corrected chi connectivity index (χ0v) is 11.6. The van der Waals surface area contributed by atoms with Gasteiger partial charge in [-0.25, -0.2) is 4.68 Å². The molecule has 0 aliphatic heterocycles. The maximum absolute atomic E-state index is 6.30. The number of thiophene rings is 1. The van der Waals surface area contributed by atoms with E-state index in [1.54, 1.807) is 6.20 Å². The molecule has 96 valence electrons. The van der Waals surface area contributed by atoms with Crippen LogP contribution in [0.1, 0.15) is 16.6 Å². The van der Waals surface area contributed by atoms with Crippen LogP contribution in [0, 0.1) is 0 Å². The lowest BCUT2D eigenvalue weighted by Gasteiger charge is -2.12. The summed E-state index contributed by atoms with van der Waals surface area (Å²) >= 11 is 7.46. The van der Waals surface area contributed by atoms with Gasteiger partial charge < -0.3 is 5.73 Å². The van der Waals surface area contributed by atoms with E-state index in [4.69, 9.17) is 17.3 Å². The summed E-state index contributed by atoms with van der Waals surface area (Å²) in [7, 11) is 0. The van der Waals surface area contributed by atoms with Crippen molar-refractivity contribution in [3.63, 3.8) is 0 Å². The minimum atomic E-state index is -0.222. The van der Waals surface area contributed by atoms with E-state index in [9.17, 15) is 0 Å². The van der Waals surface area contributed by atoms with Crippen LogP contribution in [0.25, 0.3) is 5.69 Å². The molecule has 2 heterocycles. The number of halogens is 1. The Labute approximate surface area is 120 Å². The van der Waals surface area contributed by atoms with Crippen LogP contribution in [0.15, 0.2) is 54.7 Å². The number of nitrogens with two attached hydrogens (primary N) is 1. The van der Waals surface area contributed by atoms with Crippen LogP contribution in [0.5, 0.6) is 0 Å². The average molecular weight is 290 g/mol. The van der Waals surface area contributed by atoms with Crippen LogP contribution in [-0.4, -0.2) is 9.78 Å². The number of benzene rings is 1. The minimum Gasteiger partial charge on any atom is -0.318 e. The number of para-hydroxylation sites is 1. The molecule has 0 fully saturated rings. The Balaban J connectivity index is 2.01. The Morgan fingerprint density at radius 2 is 1.89 bits per heavy atom. The first-order valence-electron chi connectivity index (χ1n) is 5.86. The average Bonchev–Trinajstić information content (AvgIpc) is 3.07. The van der Waals surface area contributed by atoms with E-state index in [0.29, 0.717) is 0 Å². The van der Waals surface area contributed by atoms with Gasteiger partial charge in [-0.15, -0.1) is 11.3 Å². The fourth-order valence-corrected chi connectivity index (χ4v) is 3.05. The molecule has 3 aromatic rings. The molecule has 3 rings (SSSR count). The van der Waals surface area contributed by atoms with Crippen molar-refractivity contribution < 1.29 is 0 Å². The van der Waals surface area contributed by atoms with E-state index in [-0.39, 0.29) is 6.04 Å². The molecule has 0 saturated carbocycles. The molecule has 0 aliphatic carbocycles. The van der Waals surface area contributed by atoms with Crippen LogP contribution in [-0.2, 0) is 0 Å². The second-order valence-electron chi connectivity index (χ2n) is 4.12. The third kappa shape index (κ3) is 2.42. The predicted molar refractivity (Wildman–Crippen MR) is 78.9 cm³/mol. The van der Waals surface area contributed by atoms with Crippen LogP contribution in [0.2, 0.25) is 4.34 Å². The Hall–Kier alpha value is -1.62. The maximum Gasteiger partial charge on any atom is 0.0931 e. The van der Waals surface area contributed by atoms with E-state index in [1.807, 2.05) is 53.2 Å². The van der Waals surface area contributed by atoms with Gasteiger partial charge in [0.2, 0.25) is 0 Å². The van der Waals surface area contributed by atoms with Gasteiger partial charge in [-0.3, -0.25) is 0 Å². The van der Waals surface area contributed by atoms with Crippen molar-refractivity contribution >= 4 is 22.9 Å². The van der Waals surface area contributed by atoms with Gasteiger partial charge in [0.05, 0.1) is 21.8 Å². The second-order valence-corrected chi connectivity index (χ2v) is 5.87. The third-order valence-corrected chi connectivity index (χ3v) is 4.21. The van der Waals surface area contributed by atoms with Crippen molar-refractivity contribution in [1.29, 1.82) is 0 Å². The van der Waals surface area contributed by atoms with Gasteiger partial charge in [-0.1, -0.05) is 29.8 Å². The SMILES string of the molecule is NC(c1ccc(Cl)s1)c1ccnn1-c1ccccc1. The van der Waals surface area contributed by atoms with Gasteiger partial charge >= 0.3 is 0 Å². The lowest BCUT2D eigenvalue weighted by atomic mass is 10.2. The monoisotopic (exact) mass is 289 g/mol.